The maximum Gasteiger partial charge on any atom is 0.221 e. The molecule has 2 N–H and O–H groups in total. The summed E-state index contributed by atoms with van der Waals surface area (Å²) in [6.45, 7) is 3.41. The van der Waals surface area contributed by atoms with Gasteiger partial charge in [0.15, 0.2) is 11.1 Å². The fraction of sp³-hybridized carbons (Fsp3) is 0.857. The van der Waals surface area contributed by atoms with Gasteiger partial charge >= 0.3 is 0 Å². The molecule has 0 rings (SSSR count). The Hall–Kier alpha value is -0.0700. The second-order valence-electron chi connectivity index (χ2n) is 3.37. The molecule has 1 unspecified atom stereocenters. The fourth-order valence-electron chi connectivity index (χ4n) is 0.886. The van der Waals surface area contributed by atoms with E-state index in [1.54, 1.807) is 13.8 Å². The minimum absolute atomic E-state index is 0.0330. The highest BCUT2D eigenvalue weighted by molar-refractivity contribution is 7.80. The predicted octanol–water partition coefficient (Wildman–Crippen LogP) is 0.423. The quantitative estimate of drug-likeness (QED) is 0.469. The largest absolute Gasteiger partial charge is 0.350 e. The molecule has 1 amide bonds. The summed E-state index contributed by atoms with van der Waals surface area (Å²) in [6.07, 6.45) is 0.324. The van der Waals surface area contributed by atoms with E-state index < -0.39 is 16.6 Å². The third-order valence-electron chi connectivity index (χ3n) is 1.30. The monoisotopic (exact) mass is 225 g/mol. The highest BCUT2D eigenvalue weighted by Gasteiger charge is 2.22. The number of amides is 1. The van der Waals surface area contributed by atoms with Gasteiger partial charge < -0.3 is 9.87 Å². The van der Waals surface area contributed by atoms with E-state index in [2.05, 4.69) is 17.9 Å². The molecule has 0 fully saturated rings. The SMILES string of the molecule is CC(C)(CS(=O)O)NC(=O)CCS. The number of thiol groups is 1. The average molecular weight is 225 g/mol. The first-order chi connectivity index (χ1) is 5.87. The number of carbonyl (C=O) groups excluding carboxylic acids is 1. The van der Waals surface area contributed by atoms with E-state index in [9.17, 15) is 9.00 Å². The molecular weight excluding hydrogens is 210 g/mol. The van der Waals surface area contributed by atoms with Crippen molar-refractivity contribution in [2.75, 3.05) is 11.5 Å². The van der Waals surface area contributed by atoms with Crippen LogP contribution in [0.3, 0.4) is 0 Å². The van der Waals surface area contributed by atoms with Crippen LogP contribution >= 0.6 is 12.6 Å². The van der Waals surface area contributed by atoms with Crippen molar-refractivity contribution in [1.29, 1.82) is 0 Å². The first-order valence-corrected chi connectivity index (χ1v) is 5.77. The van der Waals surface area contributed by atoms with Crippen LogP contribution in [0.25, 0.3) is 0 Å². The van der Waals surface area contributed by atoms with Crippen molar-refractivity contribution in [2.24, 2.45) is 0 Å². The van der Waals surface area contributed by atoms with Gasteiger partial charge in [-0.2, -0.15) is 12.6 Å². The Kier molecular flexibility index (Phi) is 5.59. The highest BCUT2D eigenvalue weighted by Crippen LogP contribution is 2.04. The molecule has 4 nitrogen and oxygen atoms in total. The second-order valence-corrected chi connectivity index (χ2v) is 4.75. The van der Waals surface area contributed by atoms with Crippen LogP contribution in [-0.4, -0.2) is 31.7 Å². The van der Waals surface area contributed by atoms with Crippen LogP contribution in [0.2, 0.25) is 0 Å². The minimum Gasteiger partial charge on any atom is -0.350 e. The lowest BCUT2D eigenvalue weighted by molar-refractivity contribution is -0.122. The van der Waals surface area contributed by atoms with Crippen LogP contribution in [0.1, 0.15) is 20.3 Å². The molecule has 6 heteroatoms. The second kappa shape index (κ2) is 5.62. The van der Waals surface area contributed by atoms with Gasteiger partial charge in [-0.05, 0) is 19.6 Å². The number of hydrogen-bond donors (Lipinski definition) is 3. The van der Waals surface area contributed by atoms with E-state index in [-0.39, 0.29) is 11.7 Å². The van der Waals surface area contributed by atoms with Crippen LogP contribution in [0.4, 0.5) is 0 Å². The lowest BCUT2D eigenvalue weighted by atomic mass is 10.1. The summed E-state index contributed by atoms with van der Waals surface area (Å²) in [5.41, 5.74) is -0.639. The first-order valence-electron chi connectivity index (χ1n) is 3.87. The maximum atomic E-state index is 11.1. The molecule has 0 spiro atoms. The molecule has 0 heterocycles. The van der Waals surface area contributed by atoms with E-state index in [0.717, 1.165) is 0 Å². The molecule has 0 saturated heterocycles. The fourth-order valence-corrected chi connectivity index (χ4v) is 1.78. The normalized spacial score (nSPS) is 13.8. The van der Waals surface area contributed by atoms with Crippen molar-refractivity contribution < 1.29 is 13.6 Å². The molecule has 0 bridgehead atoms. The van der Waals surface area contributed by atoms with E-state index >= 15 is 0 Å². The van der Waals surface area contributed by atoms with E-state index in [0.29, 0.717) is 12.2 Å². The van der Waals surface area contributed by atoms with E-state index in [1.165, 1.54) is 0 Å². The van der Waals surface area contributed by atoms with Gasteiger partial charge in [0.2, 0.25) is 5.91 Å². The lowest BCUT2D eigenvalue weighted by Crippen LogP contribution is -2.47. The molecule has 0 aliphatic rings. The summed E-state index contributed by atoms with van der Waals surface area (Å²) < 4.78 is 19.1. The van der Waals surface area contributed by atoms with Crippen molar-refractivity contribution in [3.8, 4) is 0 Å². The lowest BCUT2D eigenvalue weighted by Gasteiger charge is -2.24. The number of nitrogens with one attached hydrogen (secondary N) is 1. The minimum atomic E-state index is -1.89. The number of rotatable bonds is 5. The number of carbonyl (C=O) groups is 1. The highest BCUT2D eigenvalue weighted by atomic mass is 32.2. The Bertz CT molecular complexity index is 206. The maximum absolute atomic E-state index is 11.1. The van der Waals surface area contributed by atoms with Crippen LogP contribution < -0.4 is 5.32 Å². The Morgan fingerprint density at radius 2 is 2.15 bits per heavy atom. The predicted molar refractivity (Wildman–Crippen MR) is 56.3 cm³/mol. The Morgan fingerprint density at radius 3 is 2.54 bits per heavy atom. The Balaban J connectivity index is 4.00. The third-order valence-corrected chi connectivity index (χ3v) is 2.49. The van der Waals surface area contributed by atoms with Gasteiger partial charge in [0.05, 0.1) is 5.75 Å². The molecule has 0 radical (unpaired) electrons. The molecule has 13 heavy (non-hydrogen) atoms. The Morgan fingerprint density at radius 1 is 1.62 bits per heavy atom. The molecule has 0 saturated carbocycles. The summed E-state index contributed by atoms with van der Waals surface area (Å²) in [5.74, 6) is 0.362. The van der Waals surface area contributed by atoms with E-state index in [4.69, 9.17) is 4.55 Å². The third kappa shape index (κ3) is 7.04. The van der Waals surface area contributed by atoms with Gasteiger partial charge in [0.1, 0.15) is 0 Å². The van der Waals surface area contributed by atoms with Crippen molar-refractivity contribution in [3.05, 3.63) is 0 Å². The van der Waals surface area contributed by atoms with Gasteiger partial charge in [0, 0.05) is 12.0 Å². The zero-order chi connectivity index (χ0) is 10.5. The van der Waals surface area contributed by atoms with Crippen molar-refractivity contribution >= 4 is 29.6 Å². The summed E-state index contributed by atoms with van der Waals surface area (Å²) in [5, 5.41) is 2.65. The summed E-state index contributed by atoms with van der Waals surface area (Å²) >= 11 is 2.02. The van der Waals surface area contributed by atoms with Crippen molar-refractivity contribution in [1.82, 2.24) is 5.32 Å². The van der Waals surface area contributed by atoms with Crippen LogP contribution in [0.5, 0.6) is 0 Å². The van der Waals surface area contributed by atoms with Gasteiger partial charge in [-0.1, -0.05) is 0 Å². The van der Waals surface area contributed by atoms with Gasteiger partial charge in [-0.25, -0.2) is 4.21 Å². The smallest absolute Gasteiger partial charge is 0.221 e. The summed E-state index contributed by atoms with van der Waals surface area (Å²) in [6, 6.07) is 0. The Labute approximate surface area is 86.2 Å². The first kappa shape index (κ1) is 12.9. The summed E-state index contributed by atoms with van der Waals surface area (Å²) in [7, 11) is 0. The topological polar surface area (TPSA) is 66.4 Å². The molecule has 0 aliphatic heterocycles. The molecule has 0 aromatic rings. The molecule has 1 atom stereocenters. The molecule has 0 aromatic carbocycles. The van der Waals surface area contributed by atoms with Crippen LogP contribution in [0.15, 0.2) is 0 Å². The van der Waals surface area contributed by atoms with Crippen LogP contribution in [0, 0.1) is 0 Å². The molecule has 78 valence electrons. The zero-order valence-electron chi connectivity index (χ0n) is 7.74. The van der Waals surface area contributed by atoms with E-state index in [1.807, 2.05) is 0 Å². The van der Waals surface area contributed by atoms with Gasteiger partial charge in [-0.15, -0.1) is 0 Å². The van der Waals surface area contributed by atoms with Gasteiger partial charge in [0.25, 0.3) is 0 Å². The molecule has 0 aromatic heterocycles. The van der Waals surface area contributed by atoms with Crippen molar-refractivity contribution in [3.63, 3.8) is 0 Å². The molecular formula is C7H15NO3S2. The number of hydrogen-bond acceptors (Lipinski definition) is 3. The molecule has 0 aliphatic carbocycles. The van der Waals surface area contributed by atoms with Gasteiger partial charge in [-0.3, -0.25) is 4.79 Å². The van der Waals surface area contributed by atoms with Crippen molar-refractivity contribution in [2.45, 2.75) is 25.8 Å². The zero-order valence-corrected chi connectivity index (χ0v) is 9.45. The standard InChI is InChI=1S/C7H15NO3S2/c1-7(2,5-13(10)11)8-6(9)3-4-12/h12H,3-5H2,1-2H3,(H,8,9)(H,10,11). The van der Waals surface area contributed by atoms with Crippen LogP contribution in [-0.2, 0) is 15.9 Å². The summed E-state index contributed by atoms with van der Waals surface area (Å²) in [4.78, 5) is 11.1. The average Bonchev–Trinajstić information content (AvgIpc) is 1.81.